The Morgan fingerprint density at radius 1 is 1.60 bits per heavy atom. The first-order chi connectivity index (χ1) is 4.57. The van der Waals surface area contributed by atoms with Crippen molar-refractivity contribution in [1.82, 2.24) is 0 Å². The molecule has 0 aliphatic rings. The molecule has 0 fully saturated rings. The summed E-state index contributed by atoms with van der Waals surface area (Å²) in [5.74, 6) is -0.586. The van der Waals surface area contributed by atoms with Gasteiger partial charge in [-0.15, -0.1) is 0 Å². The maximum Gasteiger partial charge on any atom is 0.356 e. The zero-order chi connectivity index (χ0) is 8.15. The van der Waals surface area contributed by atoms with Gasteiger partial charge in [-0.3, -0.25) is 0 Å². The molecule has 0 aromatic rings. The van der Waals surface area contributed by atoms with Crippen molar-refractivity contribution in [3.63, 3.8) is 0 Å². The van der Waals surface area contributed by atoms with Gasteiger partial charge in [0.15, 0.2) is 5.71 Å². The molecular formula is C6H11NO3. The molecule has 0 atom stereocenters. The Balaban J connectivity index is 3.86. The lowest BCUT2D eigenvalue weighted by atomic mass is 10.4. The summed E-state index contributed by atoms with van der Waals surface area (Å²) < 4.78 is 4.67. The van der Waals surface area contributed by atoms with E-state index in [-0.39, 0.29) is 11.8 Å². The van der Waals surface area contributed by atoms with Crippen molar-refractivity contribution < 1.29 is 14.7 Å². The minimum Gasteiger partial charge on any atom is -0.458 e. The quantitative estimate of drug-likeness (QED) is 0.270. The molecule has 0 saturated carbocycles. The van der Waals surface area contributed by atoms with Crippen molar-refractivity contribution in [3.05, 3.63) is 0 Å². The van der Waals surface area contributed by atoms with E-state index in [1.807, 2.05) is 0 Å². The van der Waals surface area contributed by atoms with Crippen LogP contribution >= 0.6 is 0 Å². The zero-order valence-corrected chi connectivity index (χ0v) is 6.29. The number of ether oxygens (including phenoxy) is 1. The van der Waals surface area contributed by atoms with Gasteiger partial charge in [0.05, 0.1) is 6.10 Å². The van der Waals surface area contributed by atoms with Crippen LogP contribution in [0, 0.1) is 0 Å². The fraction of sp³-hybridized carbons (Fsp3) is 0.667. The summed E-state index contributed by atoms with van der Waals surface area (Å²) in [6.45, 7) is 4.83. The van der Waals surface area contributed by atoms with E-state index in [1.165, 1.54) is 6.92 Å². The molecule has 0 aromatic heterocycles. The van der Waals surface area contributed by atoms with Gasteiger partial charge in [0.1, 0.15) is 0 Å². The normalized spacial score (nSPS) is 11.8. The van der Waals surface area contributed by atoms with E-state index in [1.54, 1.807) is 13.8 Å². The first kappa shape index (κ1) is 8.94. The minimum absolute atomic E-state index is 0.0336. The third-order valence-electron chi connectivity index (χ3n) is 0.788. The lowest BCUT2D eigenvalue weighted by molar-refractivity contribution is -0.139. The molecule has 0 spiro atoms. The van der Waals surface area contributed by atoms with E-state index in [4.69, 9.17) is 5.21 Å². The highest BCUT2D eigenvalue weighted by atomic mass is 16.5. The van der Waals surface area contributed by atoms with Gasteiger partial charge in [-0.2, -0.15) is 0 Å². The van der Waals surface area contributed by atoms with Crippen LogP contribution in [0.1, 0.15) is 20.8 Å². The number of carbonyl (C=O) groups excluding carboxylic acids is 1. The average molecular weight is 145 g/mol. The van der Waals surface area contributed by atoms with Gasteiger partial charge in [-0.05, 0) is 20.8 Å². The SMILES string of the molecule is CC(=NO)C(=O)OC(C)C. The van der Waals surface area contributed by atoms with E-state index >= 15 is 0 Å². The number of esters is 1. The Kier molecular flexibility index (Phi) is 3.46. The maximum atomic E-state index is 10.7. The van der Waals surface area contributed by atoms with E-state index < -0.39 is 5.97 Å². The Bertz CT molecular complexity index is 151. The van der Waals surface area contributed by atoms with Gasteiger partial charge in [0, 0.05) is 0 Å². The number of nitrogens with zero attached hydrogens (tertiary/aromatic N) is 1. The van der Waals surface area contributed by atoms with Crippen molar-refractivity contribution in [1.29, 1.82) is 0 Å². The molecule has 0 unspecified atom stereocenters. The summed E-state index contributed by atoms with van der Waals surface area (Å²) >= 11 is 0. The lowest BCUT2D eigenvalue weighted by Gasteiger charge is -2.05. The van der Waals surface area contributed by atoms with Gasteiger partial charge in [0.2, 0.25) is 0 Å². The summed E-state index contributed by atoms with van der Waals surface area (Å²) in [7, 11) is 0. The summed E-state index contributed by atoms with van der Waals surface area (Å²) in [6, 6.07) is 0. The average Bonchev–Trinajstić information content (AvgIpc) is 1.85. The van der Waals surface area contributed by atoms with Crippen LogP contribution in [0.15, 0.2) is 5.16 Å². The fourth-order valence-corrected chi connectivity index (χ4v) is 0.340. The molecule has 0 bridgehead atoms. The van der Waals surface area contributed by atoms with E-state index in [0.29, 0.717) is 0 Å². The van der Waals surface area contributed by atoms with Crippen LogP contribution in [0.2, 0.25) is 0 Å². The molecule has 1 N–H and O–H groups in total. The molecule has 0 rings (SSSR count). The van der Waals surface area contributed by atoms with Crippen molar-refractivity contribution >= 4 is 11.7 Å². The molecule has 10 heavy (non-hydrogen) atoms. The molecule has 0 aliphatic heterocycles. The van der Waals surface area contributed by atoms with Crippen LogP contribution in [0.3, 0.4) is 0 Å². The molecule has 0 radical (unpaired) electrons. The maximum absolute atomic E-state index is 10.7. The third kappa shape index (κ3) is 3.06. The largest absolute Gasteiger partial charge is 0.458 e. The monoisotopic (exact) mass is 145 g/mol. The van der Waals surface area contributed by atoms with Gasteiger partial charge in [-0.1, -0.05) is 5.16 Å². The molecule has 0 aromatic carbocycles. The molecular weight excluding hydrogens is 134 g/mol. The van der Waals surface area contributed by atoms with Crippen LogP contribution in [-0.4, -0.2) is 23.0 Å². The third-order valence-corrected chi connectivity index (χ3v) is 0.788. The van der Waals surface area contributed by atoms with E-state index in [0.717, 1.165) is 0 Å². The van der Waals surface area contributed by atoms with Crippen molar-refractivity contribution in [2.45, 2.75) is 26.9 Å². The van der Waals surface area contributed by atoms with Crippen molar-refractivity contribution in [2.24, 2.45) is 5.16 Å². The van der Waals surface area contributed by atoms with Crippen LogP contribution in [0.25, 0.3) is 0 Å². The predicted molar refractivity (Wildman–Crippen MR) is 36.1 cm³/mol. The molecule has 4 nitrogen and oxygen atoms in total. The summed E-state index contributed by atoms with van der Waals surface area (Å²) in [5.41, 5.74) is -0.0336. The Morgan fingerprint density at radius 2 is 2.10 bits per heavy atom. The summed E-state index contributed by atoms with van der Waals surface area (Å²) in [6.07, 6.45) is -0.177. The molecule has 0 amide bonds. The second-order valence-electron chi connectivity index (χ2n) is 2.14. The fourth-order valence-electron chi connectivity index (χ4n) is 0.340. The van der Waals surface area contributed by atoms with Crippen LogP contribution in [-0.2, 0) is 9.53 Å². The highest BCUT2D eigenvalue weighted by molar-refractivity contribution is 6.35. The molecule has 4 heteroatoms. The summed E-state index contributed by atoms with van der Waals surface area (Å²) in [4.78, 5) is 10.7. The standard InChI is InChI=1S/C6H11NO3/c1-4(2)10-6(8)5(3)7-9/h4,9H,1-3H3. The van der Waals surface area contributed by atoms with Gasteiger partial charge >= 0.3 is 5.97 Å². The number of hydrogen-bond donors (Lipinski definition) is 1. The molecule has 0 aliphatic carbocycles. The van der Waals surface area contributed by atoms with Gasteiger partial charge in [0.25, 0.3) is 0 Å². The number of carbonyl (C=O) groups is 1. The number of oxime groups is 1. The Morgan fingerprint density at radius 3 is 2.40 bits per heavy atom. The predicted octanol–water partition coefficient (Wildman–Crippen LogP) is 0.788. The second-order valence-corrected chi connectivity index (χ2v) is 2.14. The summed E-state index contributed by atoms with van der Waals surface area (Å²) in [5, 5.41) is 10.8. The van der Waals surface area contributed by atoms with Gasteiger partial charge < -0.3 is 9.94 Å². The van der Waals surface area contributed by atoms with Crippen molar-refractivity contribution in [3.8, 4) is 0 Å². The number of hydrogen-bond acceptors (Lipinski definition) is 4. The van der Waals surface area contributed by atoms with E-state index in [9.17, 15) is 4.79 Å². The van der Waals surface area contributed by atoms with Crippen LogP contribution in [0.5, 0.6) is 0 Å². The van der Waals surface area contributed by atoms with Gasteiger partial charge in [-0.25, -0.2) is 4.79 Å². The molecule has 58 valence electrons. The first-order valence-corrected chi connectivity index (χ1v) is 2.97. The van der Waals surface area contributed by atoms with Crippen molar-refractivity contribution in [2.75, 3.05) is 0 Å². The van der Waals surface area contributed by atoms with Crippen LogP contribution in [0.4, 0.5) is 0 Å². The first-order valence-electron chi connectivity index (χ1n) is 2.97. The highest BCUT2D eigenvalue weighted by Gasteiger charge is 2.08. The molecule has 0 saturated heterocycles. The Labute approximate surface area is 59.5 Å². The second kappa shape index (κ2) is 3.87. The molecule has 0 heterocycles. The topological polar surface area (TPSA) is 58.9 Å². The lowest BCUT2D eigenvalue weighted by Crippen LogP contribution is -2.18. The Hall–Kier alpha value is -1.06. The highest BCUT2D eigenvalue weighted by Crippen LogP contribution is 1.90. The minimum atomic E-state index is -0.586. The van der Waals surface area contributed by atoms with Crippen LogP contribution < -0.4 is 0 Å². The zero-order valence-electron chi connectivity index (χ0n) is 6.29. The number of rotatable bonds is 2. The smallest absolute Gasteiger partial charge is 0.356 e. The van der Waals surface area contributed by atoms with E-state index in [2.05, 4.69) is 9.89 Å².